The number of hydrogen-bond acceptors (Lipinski definition) is 4. The van der Waals surface area contributed by atoms with Crippen LogP contribution in [-0.4, -0.2) is 29.7 Å². The van der Waals surface area contributed by atoms with Crippen LogP contribution < -0.4 is 14.8 Å². The van der Waals surface area contributed by atoms with Crippen molar-refractivity contribution in [2.45, 2.75) is 32.4 Å². The molecule has 6 heteroatoms. The maximum absolute atomic E-state index is 12.4. The van der Waals surface area contributed by atoms with Gasteiger partial charge in [-0.05, 0) is 43.7 Å². The zero-order valence-corrected chi connectivity index (χ0v) is 14.8. The van der Waals surface area contributed by atoms with Gasteiger partial charge in [0.2, 0.25) is 0 Å². The van der Waals surface area contributed by atoms with Gasteiger partial charge in [-0.15, -0.1) is 0 Å². The summed E-state index contributed by atoms with van der Waals surface area (Å²) in [7, 11) is 0. The summed E-state index contributed by atoms with van der Waals surface area (Å²) in [6, 6.07) is 15.3. The summed E-state index contributed by atoms with van der Waals surface area (Å²) in [6.45, 7) is 4.05. The minimum absolute atomic E-state index is 0.224. The topological polar surface area (TPSA) is 84.9 Å². The normalized spacial score (nSPS) is 12.7. The minimum atomic E-state index is -0.999. The summed E-state index contributed by atoms with van der Waals surface area (Å²) < 4.78 is 11.0. The third kappa shape index (κ3) is 5.81. The first-order valence-electron chi connectivity index (χ1n) is 8.46. The van der Waals surface area contributed by atoms with Gasteiger partial charge in [0.05, 0.1) is 19.1 Å². The van der Waals surface area contributed by atoms with E-state index in [0.717, 1.165) is 0 Å². The van der Waals surface area contributed by atoms with Gasteiger partial charge in [0.1, 0.15) is 11.5 Å². The highest BCUT2D eigenvalue weighted by Crippen LogP contribution is 2.21. The number of hydrogen-bond donors (Lipinski definition) is 2. The quantitative estimate of drug-likeness (QED) is 0.720. The summed E-state index contributed by atoms with van der Waals surface area (Å²) in [6.07, 6.45) is -0.978. The Balaban J connectivity index is 2.06. The first-order chi connectivity index (χ1) is 12.5. The Morgan fingerprint density at radius 2 is 1.69 bits per heavy atom. The second kappa shape index (κ2) is 9.46. The largest absolute Gasteiger partial charge is 0.494 e. The van der Waals surface area contributed by atoms with E-state index in [2.05, 4.69) is 5.32 Å². The van der Waals surface area contributed by atoms with E-state index in [1.807, 2.05) is 25.1 Å². The SMILES string of the molecule is CCOc1ccc([C@H](CC(=O)O)NC(=O)[C@H](C)Oc2ccccc2)cc1. The Bertz CT molecular complexity index is 715. The van der Waals surface area contributed by atoms with E-state index < -0.39 is 18.1 Å². The number of ether oxygens (including phenoxy) is 2. The molecule has 2 N–H and O–H groups in total. The lowest BCUT2D eigenvalue weighted by atomic mass is 10.0. The molecule has 0 bridgehead atoms. The van der Waals surface area contributed by atoms with Crippen molar-refractivity contribution in [1.82, 2.24) is 5.32 Å². The molecule has 1 amide bonds. The van der Waals surface area contributed by atoms with Crippen LogP contribution in [0.4, 0.5) is 0 Å². The number of aliphatic carboxylic acids is 1. The Morgan fingerprint density at radius 3 is 2.27 bits per heavy atom. The van der Waals surface area contributed by atoms with E-state index in [9.17, 15) is 9.59 Å². The van der Waals surface area contributed by atoms with E-state index in [-0.39, 0.29) is 12.3 Å². The van der Waals surface area contributed by atoms with Crippen molar-refractivity contribution in [3.8, 4) is 11.5 Å². The maximum atomic E-state index is 12.4. The summed E-state index contributed by atoms with van der Waals surface area (Å²) in [4.78, 5) is 23.6. The Kier molecular flexibility index (Phi) is 7.02. The summed E-state index contributed by atoms with van der Waals surface area (Å²) in [5.74, 6) is -0.113. The lowest BCUT2D eigenvalue weighted by Gasteiger charge is -2.21. The van der Waals surface area contributed by atoms with Crippen LogP contribution in [0.2, 0.25) is 0 Å². The number of benzene rings is 2. The Labute approximate surface area is 152 Å². The van der Waals surface area contributed by atoms with Crippen molar-refractivity contribution < 1.29 is 24.2 Å². The van der Waals surface area contributed by atoms with Gasteiger partial charge in [0.25, 0.3) is 5.91 Å². The molecule has 0 saturated heterocycles. The van der Waals surface area contributed by atoms with Gasteiger partial charge in [-0.3, -0.25) is 9.59 Å². The number of amides is 1. The molecule has 0 aromatic heterocycles. The number of carbonyl (C=O) groups excluding carboxylic acids is 1. The molecule has 2 atom stereocenters. The number of carboxylic acid groups (broad SMARTS) is 1. The smallest absolute Gasteiger partial charge is 0.305 e. The lowest BCUT2D eigenvalue weighted by Crippen LogP contribution is -2.39. The monoisotopic (exact) mass is 357 g/mol. The number of para-hydroxylation sites is 1. The molecule has 0 aliphatic carbocycles. The first kappa shape index (κ1) is 19.3. The fourth-order valence-electron chi connectivity index (χ4n) is 2.44. The van der Waals surface area contributed by atoms with E-state index >= 15 is 0 Å². The van der Waals surface area contributed by atoms with Crippen LogP contribution >= 0.6 is 0 Å². The van der Waals surface area contributed by atoms with Crippen LogP contribution in [0.1, 0.15) is 31.9 Å². The molecule has 0 heterocycles. The van der Waals surface area contributed by atoms with Crippen molar-refractivity contribution in [2.24, 2.45) is 0 Å². The lowest BCUT2D eigenvalue weighted by molar-refractivity contribution is -0.138. The Morgan fingerprint density at radius 1 is 1.04 bits per heavy atom. The number of carbonyl (C=O) groups is 2. The molecule has 2 aromatic rings. The third-order valence-electron chi connectivity index (χ3n) is 3.71. The molecule has 0 radical (unpaired) electrons. The predicted molar refractivity (Wildman–Crippen MR) is 97.3 cm³/mol. The van der Waals surface area contributed by atoms with E-state index in [4.69, 9.17) is 14.6 Å². The number of carboxylic acids is 1. The van der Waals surface area contributed by atoms with Crippen molar-refractivity contribution >= 4 is 11.9 Å². The summed E-state index contributed by atoms with van der Waals surface area (Å²) in [5, 5.41) is 11.9. The average Bonchev–Trinajstić information content (AvgIpc) is 2.62. The third-order valence-corrected chi connectivity index (χ3v) is 3.71. The second-order valence-corrected chi connectivity index (χ2v) is 5.73. The molecule has 0 fully saturated rings. The van der Waals surface area contributed by atoms with Crippen molar-refractivity contribution in [3.05, 3.63) is 60.2 Å². The molecule has 2 rings (SSSR count). The zero-order chi connectivity index (χ0) is 18.9. The van der Waals surface area contributed by atoms with Gasteiger partial charge in [-0.1, -0.05) is 30.3 Å². The summed E-state index contributed by atoms with van der Waals surface area (Å²) in [5.41, 5.74) is 0.691. The fourth-order valence-corrected chi connectivity index (χ4v) is 2.44. The molecular formula is C20H23NO5. The van der Waals surface area contributed by atoms with Gasteiger partial charge in [-0.25, -0.2) is 0 Å². The molecule has 26 heavy (non-hydrogen) atoms. The highest BCUT2D eigenvalue weighted by molar-refractivity contribution is 5.82. The van der Waals surface area contributed by atoms with Crippen molar-refractivity contribution in [2.75, 3.05) is 6.61 Å². The van der Waals surface area contributed by atoms with E-state index in [1.165, 1.54) is 0 Å². The molecule has 138 valence electrons. The number of nitrogens with one attached hydrogen (secondary N) is 1. The fraction of sp³-hybridized carbons (Fsp3) is 0.300. The van der Waals surface area contributed by atoms with Crippen LogP contribution in [0.5, 0.6) is 11.5 Å². The molecular weight excluding hydrogens is 334 g/mol. The van der Waals surface area contributed by atoms with E-state index in [0.29, 0.717) is 23.7 Å². The molecule has 2 aromatic carbocycles. The first-order valence-corrected chi connectivity index (χ1v) is 8.46. The van der Waals surface area contributed by atoms with Gasteiger partial charge < -0.3 is 19.9 Å². The molecule has 6 nitrogen and oxygen atoms in total. The van der Waals surface area contributed by atoms with Crippen molar-refractivity contribution in [3.63, 3.8) is 0 Å². The molecule has 0 unspecified atom stereocenters. The van der Waals surface area contributed by atoms with Crippen LogP contribution in [0, 0.1) is 0 Å². The van der Waals surface area contributed by atoms with Crippen LogP contribution in [0.3, 0.4) is 0 Å². The van der Waals surface area contributed by atoms with Gasteiger partial charge in [0.15, 0.2) is 6.10 Å². The highest BCUT2D eigenvalue weighted by Gasteiger charge is 2.22. The van der Waals surface area contributed by atoms with Gasteiger partial charge >= 0.3 is 5.97 Å². The molecule has 0 saturated carbocycles. The molecule has 0 aliphatic heterocycles. The average molecular weight is 357 g/mol. The Hall–Kier alpha value is -3.02. The van der Waals surface area contributed by atoms with Crippen LogP contribution in [0.15, 0.2) is 54.6 Å². The van der Waals surface area contributed by atoms with Crippen LogP contribution in [-0.2, 0) is 9.59 Å². The van der Waals surface area contributed by atoms with Crippen LogP contribution in [0.25, 0.3) is 0 Å². The van der Waals surface area contributed by atoms with Crippen molar-refractivity contribution in [1.29, 1.82) is 0 Å². The predicted octanol–water partition coefficient (Wildman–Crippen LogP) is 3.18. The molecule has 0 spiro atoms. The van der Waals surface area contributed by atoms with E-state index in [1.54, 1.807) is 43.3 Å². The zero-order valence-electron chi connectivity index (χ0n) is 14.8. The maximum Gasteiger partial charge on any atom is 0.305 e. The second-order valence-electron chi connectivity index (χ2n) is 5.73. The minimum Gasteiger partial charge on any atom is -0.494 e. The highest BCUT2D eigenvalue weighted by atomic mass is 16.5. The standard InChI is InChI=1S/C20H23NO5/c1-3-25-16-11-9-15(10-12-16)18(13-19(22)23)21-20(24)14(2)26-17-7-5-4-6-8-17/h4-12,14,18H,3,13H2,1-2H3,(H,21,24)(H,22,23)/t14-,18-/m0/s1. The molecule has 0 aliphatic rings. The van der Waals surface area contributed by atoms with Gasteiger partial charge in [0, 0.05) is 0 Å². The summed E-state index contributed by atoms with van der Waals surface area (Å²) >= 11 is 0. The number of rotatable bonds is 9. The van der Waals surface area contributed by atoms with Gasteiger partial charge in [-0.2, -0.15) is 0 Å².